The minimum atomic E-state index is -0.496. The Hall–Kier alpha value is -3.26. The number of nitrogens with zero attached hydrogens (tertiary/aromatic N) is 5. The second-order valence-corrected chi connectivity index (χ2v) is 6.39. The van der Waals surface area contributed by atoms with E-state index in [4.69, 9.17) is 4.74 Å². The Balaban J connectivity index is 1.46. The van der Waals surface area contributed by atoms with Crippen LogP contribution in [0.2, 0.25) is 0 Å². The van der Waals surface area contributed by atoms with Crippen molar-refractivity contribution >= 4 is 5.82 Å². The first kappa shape index (κ1) is 17.2. The Morgan fingerprint density at radius 3 is 2.78 bits per heavy atom. The van der Waals surface area contributed by atoms with Gasteiger partial charge in [0.1, 0.15) is 12.8 Å². The number of benzene rings is 1. The van der Waals surface area contributed by atoms with Gasteiger partial charge in [0.15, 0.2) is 0 Å². The number of hydrogen-bond donors (Lipinski definition) is 0. The molecule has 0 unspecified atom stereocenters. The number of rotatable bonds is 4. The van der Waals surface area contributed by atoms with Gasteiger partial charge < -0.3 is 14.9 Å². The Bertz CT molecular complexity index is 942. The SMILES string of the molecule is O=[N+]([O-])c1cn2c(n1)OCCN(Cc1cccc(-c3ccncc3)c1)CC2. The number of imidazole rings is 1. The van der Waals surface area contributed by atoms with E-state index in [-0.39, 0.29) is 5.82 Å². The minimum absolute atomic E-state index is 0.177. The summed E-state index contributed by atoms with van der Waals surface area (Å²) in [6, 6.07) is 12.8. The van der Waals surface area contributed by atoms with Crippen molar-refractivity contribution in [1.82, 2.24) is 19.4 Å². The van der Waals surface area contributed by atoms with E-state index in [9.17, 15) is 10.1 Å². The van der Waals surface area contributed by atoms with Crippen molar-refractivity contribution in [3.63, 3.8) is 0 Å². The highest BCUT2D eigenvalue weighted by Gasteiger charge is 2.22. The summed E-state index contributed by atoms with van der Waals surface area (Å²) in [6.45, 7) is 3.33. The van der Waals surface area contributed by atoms with Crippen molar-refractivity contribution in [1.29, 1.82) is 0 Å². The van der Waals surface area contributed by atoms with Gasteiger partial charge in [0.05, 0.1) is 0 Å². The van der Waals surface area contributed by atoms with Crippen molar-refractivity contribution in [3.8, 4) is 17.1 Å². The zero-order chi connectivity index (χ0) is 18.6. The van der Waals surface area contributed by atoms with Gasteiger partial charge in [0.2, 0.25) is 0 Å². The van der Waals surface area contributed by atoms with E-state index in [1.165, 1.54) is 11.8 Å². The molecule has 2 aromatic heterocycles. The van der Waals surface area contributed by atoms with Gasteiger partial charge in [0, 0.05) is 43.6 Å². The molecule has 3 heterocycles. The van der Waals surface area contributed by atoms with Crippen molar-refractivity contribution in [2.24, 2.45) is 0 Å². The summed E-state index contributed by atoms with van der Waals surface area (Å²) >= 11 is 0. The molecule has 27 heavy (non-hydrogen) atoms. The topological polar surface area (TPSA) is 86.3 Å². The summed E-state index contributed by atoms with van der Waals surface area (Å²) in [4.78, 5) is 20.7. The van der Waals surface area contributed by atoms with Crippen molar-refractivity contribution in [3.05, 3.63) is 70.7 Å². The lowest BCUT2D eigenvalue weighted by atomic mass is 10.0. The average Bonchev–Trinajstić information content (AvgIpc) is 3.08. The first-order valence-corrected chi connectivity index (χ1v) is 8.75. The molecule has 138 valence electrons. The van der Waals surface area contributed by atoms with Gasteiger partial charge in [-0.3, -0.25) is 14.5 Å². The van der Waals surface area contributed by atoms with E-state index in [0.717, 1.165) is 30.8 Å². The fourth-order valence-electron chi connectivity index (χ4n) is 3.19. The lowest BCUT2D eigenvalue weighted by molar-refractivity contribution is -0.389. The molecule has 0 N–H and O–H groups in total. The van der Waals surface area contributed by atoms with E-state index in [0.29, 0.717) is 19.2 Å². The van der Waals surface area contributed by atoms with Gasteiger partial charge >= 0.3 is 11.8 Å². The molecule has 1 aliphatic heterocycles. The van der Waals surface area contributed by atoms with Crippen LogP contribution in [0, 0.1) is 10.1 Å². The number of pyridine rings is 1. The van der Waals surface area contributed by atoms with Gasteiger partial charge in [0.25, 0.3) is 0 Å². The van der Waals surface area contributed by atoms with Crippen LogP contribution in [0.4, 0.5) is 5.82 Å². The molecule has 3 aromatic rings. The van der Waals surface area contributed by atoms with Crippen LogP contribution in [-0.4, -0.2) is 44.1 Å². The molecule has 8 heteroatoms. The third-order valence-electron chi connectivity index (χ3n) is 4.56. The second kappa shape index (κ2) is 7.55. The summed E-state index contributed by atoms with van der Waals surface area (Å²) in [5.74, 6) is -0.177. The Morgan fingerprint density at radius 1 is 1.11 bits per heavy atom. The Morgan fingerprint density at radius 2 is 1.96 bits per heavy atom. The molecule has 0 saturated heterocycles. The summed E-state index contributed by atoms with van der Waals surface area (Å²) < 4.78 is 7.33. The van der Waals surface area contributed by atoms with Gasteiger partial charge in [-0.05, 0) is 39.8 Å². The molecule has 1 aromatic carbocycles. The molecule has 0 fully saturated rings. The van der Waals surface area contributed by atoms with Crippen LogP contribution in [0.3, 0.4) is 0 Å². The third kappa shape index (κ3) is 3.95. The zero-order valence-corrected chi connectivity index (χ0v) is 14.7. The Labute approximate surface area is 156 Å². The molecular weight excluding hydrogens is 346 g/mol. The molecule has 1 aliphatic rings. The second-order valence-electron chi connectivity index (χ2n) is 6.39. The highest BCUT2D eigenvalue weighted by Crippen LogP contribution is 2.22. The summed E-state index contributed by atoms with van der Waals surface area (Å²) in [5, 5.41) is 10.9. The Kier molecular flexibility index (Phi) is 4.80. The normalized spacial score (nSPS) is 14.7. The van der Waals surface area contributed by atoms with Crippen LogP contribution in [0.1, 0.15) is 5.56 Å². The monoisotopic (exact) mass is 365 g/mol. The number of aromatic nitrogens is 3. The van der Waals surface area contributed by atoms with Gasteiger partial charge in [-0.2, -0.15) is 0 Å². The maximum atomic E-state index is 10.9. The summed E-state index contributed by atoms with van der Waals surface area (Å²) in [6.07, 6.45) is 5.02. The molecule has 0 saturated carbocycles. The molecule has 0 atom stereocenters. The largest absolute Gasteiger partial charge is 0.444 e. The molecule has 0 amide bonds. The molecule has 0 aliphatic carbocycles. The zero-order valence-electron chi connectivity index (χ0n) is 14.7. The highest BCUT2D eigenvalue weighted by atomic mass is 16.6. The van der Waals surface area contributed by atoms with Crippen LogP contribution >= 0.6 is 0 Å². The van der Waals surface area contributed by atoms with E-state index >= 15 is 0 Å². The number of ether oxygens (including phenoxy) is 1. The minimum Gasteiger partial charge on any atom is -0.444 e. The van der Waals surface area contributed by atoms with Crippen LogP contribution in [0.5, 0.6) is 6.01 Å². The summed E-state index contributed by atoms with van der Waals surface area (Å²) in [7, 11) is 0. The highest BCUT2D eigenvalue weighted by molar-refractivity contribution is 5.63. The lowest BCUT2D eigenvalue weighted by Crippen LogP contribution is -2.33. The van der Waals surface area contributed by atoms with Gasteiger partial charge in [-0.15, -0.1) is 0 Å². The molecule has 8 nitrogen and oxygen atoms in total. The van der Waals surface area contributed by atoms with Crippen molar-refractivity contribution in [2.45, 2.75) is 13.1 Å². The number of nitro groups is 1. The predicted octanol–water partition coefficient (Wildman–Crippen LogP) is 2.75. The van der Waals surface area contributed by atoms with Crippen molar-refractivity contribution < 1.29 is 9.66 Å². The smallest absolute Gasteiger partial charge is 0.414 e. The number of hydrogen-bond acceptors (Lipinski definition) is 6. The van der Waals surface area contributed by atoms with Gasteiger partial charge in [-0.25, -0.2) is 0 Å². The van der Waals surface area contributed by atoms with Crippen LogP contribution in [0.15, 0.2) is 55.0 Å². The molecule has 0 radical (unpaired) electrons. The lowest BCUT2D eigenvalue weighted by Gasteiger charge is -2.24. The molecule has 4 rings (SSSR count). The maximum absolute atomic E-state index is 10.9. The van der Waals surface area contributed by atoms with Gasteiger partial charge in [-0.1, -0.05) is 18.2 Å². The average molecular weight is 365 g/mol. The van der Waals surface area contributed by atoms with Crippen molar-refractivity contribution in [2.75, 3.05) is 19.7 Å². The van der Waals surface area contributed by atoms with E-state index < -0.39 is 4.92 Å². The third-order valence-corrected chi connectivity index (χ3v) is 4.56. The van der Waals surface area contributed by atoms with Crippen LogP contribution in [0.25, 0.3) is 11.1 Å². The van der Waals surface area contributed by atoms with Crippen LogP contribution in [-0.2, 0) is 13.1 Å². The quantitative estimate of drug-likeness (QED) is 0.522. The molecular formula is C19H19N5O3. The number of fused-ring (bicyclic) bond motifs is 1. The van der Waals surface area contributed by atoms with Crippen LogP contribution < -0.4 is 4.74 Å². The fraction of sp³-hybridized carbons (Fsp3) is 0.263. The fourth-order valence-corrected chi connectivity index (χ4v) is 3.19. The summed E-state index contributed by atoms with van der Waals surface area (Å²) in [5.41, 5.74) is 3.51. The molecule has 0 spiro atoms. The van der Waals surface area contributed by atoms with E-state index in [2.05, 4.69) is 39.1 Å². The standard InChI is InChI=1S/C19H19N5O3/c25-24(26)18-14-23-9-8-22(10-11-27-19(23)21-18)13-15-2-1-3-17(12-15)16-4-6-20-7-5-16/h1-7,12,14H,8-11,13H2. The van der Waals surface area contributed by atoms with E-state index in [1.54, 1.807) is 17.0 Å². The maximum Gasteiger partial charge on any atom is 0.414 e. The predicted molar refractivity (Wildman–Crippen MR) is 99.3 cm³/mol. The first-order chi connectivity index (χ1) is 13.2. The first-order valence-electron chi connectivity index (χ1n) is 8.75. The molecule has 0 bridgehead atoms. The van der Waals surface area contributed by atoms with E-state index in [1.807, 2.05) is 12.1 Å².